The molecule has 1 atom stereocenters. The van der Waals surface area contributed by atoms with Crippen LogP contribution in [0.2, 0.25) is 0 Å². The molecule has 0 bridgehead atoms. The number of ether oxygens (including phenoxy) is 1. The van der Waals surface area contributed by atoms with Gasteiger partial charge in [0.1, 0.15) is 0 Å². The van der Waals surface area contributed by atoms with Gasteiger partial charge in [-0.05, 0) is 37.4 Å². The van der Waals surface area contributed by atoms with Crippen molar-refractivity contribution in [1.29, 1.82) is 0 Å². The fourth-order valence-corrected chi connectivity index (χ4v) is 3.26. The lowest BCUT2D eigenvalue weighted by Crippen LogP contribution is -2.23. The second kappa shape index (κ2) is 10.2. The topological polar surface area (TPSA) is 35.2 Å². The molecule has 1 fully saturated rings. The van der Waals surface area contributed by atoms with Gasteiger partial charge in [-0.2, -0.15) is 11.8 Å². The Hall–Kier alpha value is 0.270. The van der Waals surface area contributed by atoms with E-state index in [4.69, 9.17) is 10.5 Å². The molecule has 2 nitrogen and oxygen atoms in total. The van der Waals surface area contributed by atoms with Crippen LogP contribution in [-0.2, 0) is 4.74 Å². The standard InChI is InChI=1S/C14H29NOS/c1-2-11-17-12-14(15)6-4-3-5-13-7-9-16-10-8-13/h13-14H,2-12,15H2,1H3. The molecule has 0 saturated carbocycles. The highest BCUT2D eigenvalue weighted by Gasteiger charge is 2.13. The van der Waals surface area contributed by atoms with Gasteiger partial charge in [-0.25, -0.2) is 0 Å². The minimum Gasteiger partial charge on any atom is -0.381 e. The molecular formula is C14H29NOS. The van der Waals surface area contributed by atoms with Crippen LogP contribution in [0, 0.1) is 5.92 Å². The van der Waals surface area contributed by atoms with Crippen molar-refractivity contribution in [2.24, 2.45) is 11.7 Å². The van der Waals surface area contributed by atoms with E-state index in [-0.39, 0.29) is 0 Å². The maximum Gasteiger partial charge on any atom is 0.0468 e. The van der Waals surface area contributed by atoms with Gasteiger partial charge in [0, 0.05) is 25.0 Å². The van der Waals surface area contributed by atoms with Crippen LogP contribution in [0.5, 0.6) is 0 Å². The molecule has 102 valence electrons. The van der Waals surface area contributed by atoms with Crippen molar-refractivity contribution in [2.75, 3.05) is 24.7 Å². The number of thioether (sulfide) groups is 1. The molecule has 0 aromatic rings. The van der Waals surface area contributed by atoms with Crippen LogP contribution < -0.4 is 5.73 Å². The number of unbranched alkanes of at least 4 members (excludes halogenated alkanes) is 1. The molecule has 17 heavy (non-hydrogen) atoms. The van der Waals surface area contributed by atoms with Gasteiger partial charge in [0.15, 0.2) is 0 Å². The highest BCUT2D eigenvalue weighted by molar-refractivity contribution is 7.99. The van der Waals surface area contributed by atoms with E-state index in [0.717, 1.165) is 24.9 Å². The van der Waals surface area contributed by atoms with E-state index in [0.29, 0.717) is 6.04 Å². The molecule has 0 aromatic carbocycles. The third-order valence-corrected chi connectivity index (χ3v) is 4.82. The van der Waals surface area contributed by atoms with Gasteiger partial charge in [-0.3, -0.25) is 0 Å². The molecular weight excluding hydrogens is 230 g/mol. The lowest BCUT2D eigenvalue weighted by Gasteiger charge is -2.22. The minimum absolute atomic E-state index is 0.418. The van der Waals surface area contributed by atoms with E-state index in [1.807, 2.05) is 11.8 Å². The molecule has 0 aromatic heterocycles. The summed E-state index contributed by atoms with van der Waals surface area (Å²) in [5, 5.41) is 0. The van der Waals surface area contributed by atoms with Crippen LogP contribution in [0.1, 0.15) is 51.9 Å². The Labute approximate surface area is 111 Å². The van der Waals surface area contributed by atoms with Crippen LogP contribution in [-0.4, -0.2) is 30.8 Å². The number of nitrogens with two attached hydrogens (primary N) is 1. The highest BCUT2D eigenvalue weighted by atomic mass is 32.2. The second-order valence-electron chi connectivity index (χ2n) is 5.18. The smallest absolute Gasteiger partial charge is 0.0468 e. The molecule has 0 aliphatic carbocycles. The van der Waals surface area contributed by atoms with Gasteiger partial charge in [-0.1, -0.05) is 26.2 Å². The number of hydrogen-bond donors (Lipinski definition) is 1. The first-order chi connectivity index (χ1) is 8.33. The monoisotopic (exact) mass is 259 g/mol. The average molecular weight is 259 g/mol. The largest absolute Gasteiger partial charge is 0.381 e. The van der Waals surface area contributed by atoms with Crippen molar-refractivity contribution < 1.29 is 4.74 Å². The zero-order valence-corrected chi connectivity index (χ0v) is 12.1. The van der Waals surface area contributed by atoms with E-state index in [1.165, 1.54) is 50.7 Å². The zero-order chi connectivity index (χ0) is 12.3. The van der Waals surface area contributed by atoms with Crippen molar-refractivity contribution in [3.05, 3.63) is 0 Å². The summed E-state index contributed by atoms with van der Waals surface area (Å²) in [6, 6.07) is 0.418. The van der Waals surface area contributed by atoms with Gasteiger partial charge in [0.2, 0.25) is 0 Å². The fourth-order valence-electron chi connectivity index (χ4n) is 2.34. The molecule has 1 aliphatic heterocycles. The first-order valence-electron chi connectivity index (χ1n) is 7.24. The van der Waals surface area contributed by atoms with Crippen LogP contribution in [0.4, 0.5) is 0 Å². The van der Waals surface area contributed by atoms with Gasteiger partial charge in [-0.15, -0.1) is 0 Å². The van der Waals surface area contributed by atoms with Gasteiger partial charge < -0.3 is 10.5 Å². The van der Waals surface area contributed by atoms with Crippen LogP contribution in [0.15, 0.2) is 0 Å². The predicted molar refractivity (Wildman–Crippen MR) is 77.6 cm³/mol. The Bertz CT molecular complexity index is 172. The van der Waals surface area contributed by atoms with Gasteiger partial charge in [0.05, 0.1) is 0 Å². The van der Waals surface area contributed by atoms with E-state index >= 15 is 0 Å². The summed E-state index contributed by atoms with van der Waals surface area (Å²) in [6.45, 7) is 4.20. The lowest BCUT2D eigenvalue weighted by atomic mass is 9.93. The summed E-state index contributed by atoms with van der Waals surface area (Å²) in [6.07, 6.45) is 9.08. The van der Waals surface area contributed by atoms with E-state index < -0.39 is 0 Å². The Balaban J connectivity index is 1.88. The molecule has 0 amide bonds. The summed E-state index contributed by atoms with van der Waals surface area (Å²) in [4.78, 5) is 0. The molecule has 1 saturated heterocycles. The van der Waals surface area contributed by atoms with E-state index in [9.17, 15) is 0 Å². The maximum absolute atomic E-state index is 6.09. The van der Waals surface area contributed by atoms with Crippen molar-refractivity contribution in [1.82, 2.24) is 0 Å². The van der Waals surface area contributed by atoms with Crippen molar-refractivity contribution in [3.8, 4) is 0 Å². The van der Waals surface area contributed by atoms with E-state index in [2.05, 4.69) is 6.92 Å². The Morgan fingerprint density at radius 3 is 2.76 bits per heavy atom. The first-order valence-corrected chi connectivity index (χ1v) is 8.39. The van der Waals surface area contributed by atoms with Crippen molar-refractivity contribution in [3.63, 3.8) is 0 Å². The minimum atomic E-state index is 0.418. The summed E-state index contributed by atoms with van der Waals surface area (Å²) in [7, 11) is 0. The lowest BCUT2D eigenvalue weighted by molar-refractivity contribution is 0.0631. The fraction of sp³-hybridized carbons (Fsp3) is 1.00. The Kier molecular flexibility index (Phi) is 9.21. The molecule has 1 heterocycles. The SMILES string of the molecule is CCCSCC(N)CCCCC1CCOCC1. The predicted octanol–water partition coefficient (Wildman–Crippen LogP) is 3.44. The van der Waals surface area contributed by atoms with Crippen LogP contribution >= 0.6 is 11.8 Å². The van der Waals surface area contributed by atoms with E-state index in [1.54, 1.807) is 0 Å². The van der Waals surface area contributed by atoms with Crippen molar-refractivity contribution >= 4 is 11.8 Å². The third kappa shape index (κ3) is 8.06. The summed E-state index contributed by atoms with van der Waals surface area (Å²) < 4.78 is 5.38. The molecule has 1 rings (SSSR count). The summed E-state index contributed by atoms with van der Waals surface area (Å²) in [5.74, 6) is 3.33. The molecule has 0 radical (unpaired) electrons. The third-order valence-electron chi connectivity index (χ3n) is 3.46. The molecule has 1 aliphatic rings. The normalized spacial score (nSPS) is 19.4. The quantitative estimate of drug-likeness (QED) is 0.644. The first kappa shape index (κ1) is 15.3. The average Bonchev–Trinajstić information content (AvgIpc) is 2.36. The maximum atomic E-state index is 6.09. The molecule has 0 spiro atoms. The zero-order valence-electron chi connectivity index (χ0n) is 11.3. The van der Waals surface area contributed by atoms with Crippen molar-refractivity contribution in [2.45, 2.75) is 57.9 Å². The summed E-state index contributed by atoms with van der Waals surface area (Å²) >= 11 is 2.01. The number of rotatable bonds is 9. The molecule has 2 N–H and O–H groups in total. The molecule has 1 unspecified atom stereocenters. The molecule has 3 heteroatoms. The van der Waals surface area contributed by atoms with Gasteiger partial charge >= 0.3 is 0 Å². The Morgan fingerprint density at radius 2 is 2.06 bits per heavy atom. The summed E-state index contributed by atoms with van der Waals surface area (Å²) in [5.41, 5.74) is 6.09. The van der Waals surface area contributed by atoms with Crippen LogP contribution in [0.3, 0.4) is 0 Å². The van der Waals surface area contributed by atoms with Crippen LogP contribution in [0.25, 0.3) is 0 Å². The number of hydrogen-bond acceptors (Lipinski definition) is 3. The highest BCUT2D eigenvalue weighted by Crippen LogP contribution is 2.21. The Morgan fingerprint density at radius 1 is 1.29 bits per heavy atom. The van der Waals surface area contributed by atoms with Gasteiger partial charge in [0.25, 0.3) is 0 Å². The second-order valence-corrected chi connectivity index (χ2v) is 6.33.